The van der Waals surface area contributed by atoms with E-state index < -0.39 is 0 Å². The van der Waals surface area contributed by atoms with Crippen molar-refractivity contribution in [3.05, 3.63) is 93.8 Å². The van der Waals surface area contributed by atoms with Gasteiger partial charge in [0.25, 0.3) is 0 Å². The molecule has 0 atom stereocenters. The van der Waals surface area contributed by atoms with Crippen molar-refractivity contribution in [3.8, 4) is 5.75 Å². The van der Waals surface area contributed by atoms with E-state index in [-0.39, 0.29) is 18.2 Å². The minimum atomic E-state index is -0.369. The van der Waals surface area contributed by atoms with Crippen molar-refractivity contribution in [3.63, 3.8) is 0 Å². The summed E-state index contributed by atoms with van der Waals surface area (Å²) in [6, 6.07) is 17.1. The monoisotopic (exact) mass is 438 g/mol. The number of ether oxygens (including phenoxy) is 1. The van der Waals surface area contributed by atoms with Crippen LogP contribution in [-0.4, -0.2) is 25.5 Å². The highest BCUT2D eigenvalue weighted by Crippen LogP contribution is 2.31. The van der Waals surface area contributed by atoms with Gasteiger partial charge in [-0.3, -0.25) is 4.79 Å². The summed E-state index contributed by atoms with van der Waals surface area (Å²) in [5, 5.41) is 7.66. The molecule has 2 N–H and O–H groups in total. The van der Waals surface area contributed by atoms with Crippen LogP contribution in [0.25, 0.3) is 0 Å². The van der Waals surface area contributed by atoms with E-state index in [1.807, 2.05) is 30.3 Å². The highest BCUT2D eigenvalue weighted by Gasteiger charge is 2.14. The molecule has 6 heteroatoms. The molecular weight excluding hydrogens is 415 g/mol. The molecule has 160 valence electrons. The normalized spacial score (nSPS) is 13.2. The molecule has 3 aromatic carbocycles. The van der Waals surface area contributed by atoms with Crippen LogP contribution in [-0.2, 0) is 19.4 Å². The summed E-state index contributed by atoms with van der Waals surface area (Å²) >= 11 is 6.48. The van der Waals surface area contributed by atoms with E-state index >= 15 is 0 Å². The summed E-state index contributed by atoms with van der Waals surface area (Å²) in [6.45, 7) is 2.48. The SMILES string of the molecule is O=C(COc1ccc(CNc2c(Cl)ccc3c2CCNCC3)cc1)c1ccc(F)cc1. The van der Waals surface area contributed by atoms with Crippen LogP contribution in [0.4, 0.5) is 10.1 Å². The Bertz CT molecular complexity index is 1050. The van der Waals surface area contributed by atoms with Gasteiger partial charge in [0.05, 0.1) is 10.7 Å². The number of hydrogen-bond acceptors (Lipinski definition) is 4. The molecule has 0 saturated heterocycles. The lowest BCUT2D eigenvalue weighted by molar-refractivity contribution is 0.0921. The zero-order valence-corrected chi connectivity index (χ0v) is 17.8. The molecule has 0 saturated carbocycles. The Morgan fingerprint density at radius 2 is 1.74 bits per heavy atom. The largest absolute Gasteiger partial charge is 0.485 e. The lowest BCUT2D eigenvalue weighted by atomic mass is 10.0. The lowest BCUT2D eigenvalue weighted by Gasteiger charge is -2.16. The average molecular weight is 439 g/mol. The van der Waals surface area contributed by atoms with Crippen LogP contribution >= 0.6 is 11.6 Å². The third-order valence-corrected chi connectivity index (χ3v) is 5.73. The van der Waals surface area contributed by atoms with Crippen LogP contribution in [0.15, 0.2) is 60.7 Å². The molecule has 1 aliphatic rings. The zero-order chi connectivity index (χ0) is 21.6. The van der Waals surface area contributed by atoms with Crippen LogP contribution in [0.2, 0.25) is 5.02 Å². The van der Waals surface area contributed by atoms with E-state index in [2.05, 4.69) is 16.7 Å². The van der Waals surface area contributed by atoms with Gasteiger partial charge in [-0.1, -0.05) is 29.8 Å². The predicted octanol–water partition coefficient (Wildman–Crippen LogP) is 5.04. The topological polar surface area (TPSA) is 50.4 Å². The zero-order valence-electron chi connectivity index (χ0n) is 17.1. The molecule has 0 fully saturated rings. The minimum absolute atomic E-state index is 0.0942. The van der Waals surface area contributed by atoms with E-state index in [9.17, 15) is 9.18 Å². The molecule has 0 aromatic heterocycles. The average Bonchev–Trinajstić information content (AvgIpc) is 3.04. The number of carbonyl (C=O) groups excluding carboxylic acids is 1. The van der Waals surface area contributed by atoms with Gasteiger partial charge < -0.3 is 15.4 Å². The third kappa shape index (κ3) is 5.43. The number of ketones is 1. The van der Waals surface area contributed by atoms with E-state index in [4.69, 9.17) is 16.3 Å². The Balaban J connectivity index is 1.35. The molecule has 0 amide bonds. The summed E-state index contributed by atoms with van der Waals surface area (Å²) in [5.41, 5.74) is 5.14. The Hall–Kier alpha value is -2.89. The van der Waals surface area contributed by atoms with Crippen molar-refractivity contribution >= 4 is 23.1 Å². The first-order valence-corrected chi connectivity index (χ1v) is 10.7. The number of anilines is 1. The second-order valence-corrected chi connectivity index (χ2v) is 7.93. The van der Waals surface area contributed by atoms with E-state index in [1.165, 1.54) is 35.4 Å². The van der Waals surface area contributed by atoms with E-state index in [1.54, 1.807) is 0 Å². The van der Waals surface area contributed by atoms with Gasteiger partial charge in [-0.25, -0.2) is 4.39 Å². The number of fused-ring (bicyclic) bond motifs is 1. The standard InChI is InChI=1S/C25H24ClFN2O2/c26-23-10-5-18-11-13-28-14-12-22(18)25(23)29-15-17-1-8-21(9-2-17)31-16-24(30)19-3-6-20(27)7-4-19/h1-10,28-29H,11-16H2. The maximum absolute atomic E-state index is 13.0. The first-order chi connectivity index (χ1) is 15.1. The van der Waals surface area contributed by atoms with Gasteiger partial charge in [-0.05, 0) is 85.1 Å². The van der Waals surface area contributed by atoms with Crippen molar-refractivity contribution in [1.82, 2.24) is 5.32 Å². The van der Waals surface area contributed by atoms with E-state index in [0.717, 1.165) is 42.2 Å². The first-order valence-electron chi connectivity index (χ1n) is 10.4. The molecule has 0 spiro atoms. The Labute approximate surface area is 186 Å². The maximum Gasteiger partial charge on any atom is 0.200 e. The fraction of sp³-hybridized carbons (Fsp3) is 0.240. The van der Waals surface area contributed by atoms with Crippen molar-refractivity contribution in [2.75, 3.05) is 25.0 Å². The fourth-order valence-corrected chi connectivity index (χ4v) is 3.94. The summed E-state index contributed by atoms with van der Waals surface area (Å²) in [5.74, 6) is 0.0442. The molecule has 0 aliphatic carbocycles. The van der Waals surface area contributed by atoms with Crippen LogP contribution in [0.1, 0.15) is 27.0 Å². The van der Waals surface area contributed by atoms with Crippen LogP contribution < -0.4 is 15.4 Å². The van der Waals surface area contributed by atoms with Gasteiger partial charge in [0.1, 0.15) is 11.6 Å². The number of halogens is 2. The van der Waals surface area contributed by atoms with Crippen molar-refractivity contribution in [2.24, 2.45) is 0 Å². The molecule has 0 bridgehead atoms. The number of Topliss-reactive ketones (excluding diaryl/α,β-unsaturated/α-hetero) is 1. The summed E-state index contributed by atoms with van der Waals surface area (Å²) in [6.07, 6.45) is 1.96. The van der Waals surface area contributed by atoms with Crippen LogP contribution in [0.5, 0.6) is 5.75 Å². The predicted molar refractivity (Wildman–Crippen MR) is 122 cm³/mol. The highest BCUT2D eigenvalue weighted by molar-refractivity contribution is 6.33. The first kappa shape index (κ1) is 21.3. The molecule has 4 nitrogen and oxygen atoms in total. The molecule has 1 aliphatic heterocycles. The lowest BCUT2D eigenvalue weighted by Crippen LogP contribution is -2.16. The quantitative estimate of drug-likeness (QED) is 0.507. The number of rotatable bonds is 7. The van der Waals surface area contributed by atoms with Gasteiger partial charge in [-0.2, -0.15) is 0 Å². The minimum Gasteiger partial charge on any atom is -0.485 e. The van der Waals surface area contributed by atoms with Crippen molar-refractivity contribution < 1.29 is 13.9 Å². The van der Waals surface area contributed by atoms with Crippen molar-refractivity contribution in [1.29, 1.82) is 0 Å². The van der Waals surface area contributed by atoms with Crippen LogP contribution in [0.3, 0.4) is 0 Å². The van der Waals surface area contributed by atoms with Gasteiger partial charge in [0, 0.05) is 12.1 Å². The van der Waals surface area contributed by atoms with Gasteiger partial charge in [0.15, 0.2) is 12.4 Å². The van der Waals surface area contributed by atoms with Crippen molar-refractivity contribution in [2.45, 2.75) is 19.4 Å². The maximum atomic E-state index is 13.0. The second kappa shape index (κ2) is 9.94. The Morgan fingerprint density at radius 3 is 2.52 bits per heavy atom. The van der Waals surface area contributed by atoms with E-state index in [0.29, 0.717) is 17.9 Å². The van der Waals surface area contributed by atoms with Gasteiger partial charge in [-0.15, -0.1) is 0 Å². The molecule has 3 aromatic rings. The summed E-state index contributed by atoms with van der Waals surface area (Å²) in [4.78, 5) is 12.2. The molecule has 4 rings (SSSR count). The number of nitrogens with one attached hydrogen (secondary N) is 2. The van der Waals surface area contributed by atoms with Crippen LogP contribution in [0, 0.1) is 5.82 Å². The molecule has 0 unspecified atom stereocenters. The second-order valence-electron chi connectivity index (χ2n) is 7.53. The highest BCUT2D eigenvalue weighted by atomic mass is 35.5. The third-order valence-electron chi connectivity index (χ3n) is 5.41. The summed E-state index contributed by atoms with van der Waals surface area (Å²) in [7, 11) is 0. The fourth-order valence-electron chi connectivity index (χ4n) is 3.70. The Morgan fingerprint density at radius 1 is 1.00 bits per heavy atom. The van der Waals surface area contributed by atoms with Gasteiger partial charge in [0.2, 0.25) is 0 Å². The van der Waals surface area contributed by atoms with Gasteiger partial charge >= 0.3 is 0 Å². The summed E-state index contributed by atoms with van der Waals surface area (Å²) < 4.78 is 18.6. The molecule has 31 heavy (non-hydrogen) atoms. The molecule has 0 radical (unpaired) electrons. The smallest absolute Gasteiger partial charge is 0.200 e. The Kier molecular flexibility index (Phi) is 6.85. The molecular formula is C25H24ClFN2O2. The number of benzene rings is 3. The number of carbonyl (C=O) groups is 1. The molecule has 1 heterocycles. The number of hydrogen-bond donors (Lipinski definition) is 2.